The number of aliphatic carboxylic acids is 1. The molecule has 122 valence electrons. The lowest BCUT2D eigenvalue weighted by Gasteiger charge is -2.58. The molecule has 1 aliphatic carbocycles. The van der Waals surface area contributed by atoms with E-state index in [2.05, 4.69) is 5.32 Å². The fourth-order valence-electron chi connectivity index (χ4n) is 3.06. The molecule has 0 bridgehead atoms. The lowest BCUT2D eigenvalue weighted by atomic mass is 9.54. The quantitative estimate of drug-likeness (QED) is 0.842. The van der Waals surface area contributed by atoms with Gasteiger partial charge in [-0.1, -0.05) is 13.8 Å². The predicted molar refractivity (Wildman–Crippen MR) is 85.1 cm³/mol. The Hall–Kier alpha value is -1.40. The van der Waals surface area contributed by atoms with Crippen molar-refractivity contribution < 1.29 is 19.4 Å². The largest absolute Gasteiger partial charge is 0.479 e. The van der Waals surface area contributed by atoms with E-state index in [-0.39, 0.29) is 18.4 Å². The zero-order valence-corrected chi connectivity index (χ0v) is 14.3. The van der Waals surface area contributed by atoms with Crippen molar-refractivity contribution >= 4 is 23.2 Å². The summed E-state index contributed by atoms with van der Waals surface area (Å²) >= 11 is 1.55. The minimum atomic E-state index is -1.25. The molecule has 1 fully saturated rings. The van der Waals surface area contributed by atoms with Crippen LogP contribution in [0, 0.1) is 12.3 Å². The highest BCUT2D eigenvalue weighted by Gasteiger charge is 2.66. The van der Waals surface area contributed by atoms with Crippen molar-refractivity contribution in [2.24, 2.45) is 5.41 Å². The van der Waals surface area contributed by atoms with Gasteiger partial charge in [-0.3, -0.25) is 4.79 Å². The van der Waals surface area contributed by atoms with Crippen LogP contribution in [0.3, 0.4) is 0 Å². The number of aryl methyl sites for hydroxylation is 1. The first-order chi connectivity index (χ1) is 10.2. The number of hydrogen-bond donors (Lipinski definition) is 2. The maximum absolute atomic E-state index is 12.3. The van der Waals surface area contributed by atoms with Gasteiger partial charge in [-0.15, -0.1) is 11.3 Å². The molecule has 22 heavy (non-hydrogen) atoms. The van der Waals surface area contributed by atoms with Crippen LogP contribution >= 0.6 is 11.3 Å². The summed E-state index contributed by atoms with van der Waals surface area (Å²) in [6.07, 6.45) is 0.360. The maximum atomic E-state index is 12.3. The van der Waals surface area contributed by atoms with Crippen molar-refractivity contribution in [1.82, 2.24) is 5.32 Å². The summed E-state index contributed by atoms with van der Waals surface area (Å²) in [5.74, 6) is -1.25. The second-order valence-electron chi connectivity index (χ2n) is 6.32. The number of hydrogen-bond acceptors (Lipinski definition) is 4. The van der Waals surface area contributed by atoms with Gasteiger partial charge in [0.2, 0.25) is 5.91 Å². The number of ether oxygens (including phenoxy) is 1. The molecule has 2 unspecified atom stereocenters. The SMILES string of the molecule is CCOC1CC(NC(=O)Cc2ccc(C)s2)(C(=O)O)C1(C)C. The van der Waals surface area contributed by atoms with Crippen LogP contribution in [0.1, 0.15) is 36.9 Å². The molecule has 6 heteroatoms. The van der Waals surface area contributed by atoms with Crippen molar-refractivity contribution in [2.45, 2.75) is 52.2 Å². The van der Waals surface area contributed by atoms with E-state index in [0.29, 0.717) is 13.0 Å². The minimum absolute atomic E-state index is 0.155. The Morgan fingerprint density at radius 1 is 1.45 bits per heavy atom. The van der Waals surface area contributed by atoms with Crippen LogP contribution in [0.5, 0.6) is 0 Å². The van der Waals surface area contributed by atoms with Gasteiger partial charge in [0.25, 0.3) is 0 Å². The zero-order valence-electron chi connectivity index (χ0n) is 13.4. The predicted octanol–water partition coefficient (Wildman–Crippen LogP) is 2.37. The van der Waals surface area contributed by atoms with E-state index in [1.807, 2.05) is 39.8 Å². The Kier molecular flexibility index (Phi) is 4.63. The molecular formula is C16H23NO4S. The zero-order chi connectivity index (χ0) is 16.5. The van der Waals surface area contributed by atoms with Crippen LogP contribution in [-0.4, -0.2) is 35.2 Å². The summed E-state index contributed by atoms with van der Waals surface area (Å²) in [6, 6.07) is 3.86. The topological polar surface area (TPSA) is 75.6 Å². The normalized spacial score (nSPS) is 26.3. The molecule has 2 N–H and O–H groups in total. The van der Waals surface area contributed by atoms with Gasteiger partial charge >= 0.3 is 5.97 Å². The first-order valence-corrected chi connectivity index (χ1v) is 8.26. The van der Waals surface area contributed by atoms with Crippen LogP contribution in [0.4, 0.5) is 0 Å². The molecule has 1 amide bonds. The number of carboxylic acid groups (broad SMARTS) is 1. The fraction of sp³-hybridized carbons (Fsp3) is 0.625. The number of carboxylic acids is 1. The third-order valence-electron chi connectivity index (χ3n) is 4.61. The number of carbonyl (C=O) groups is 2. The second kappa shape index (κ2) is 6.01. The minimum Gasteiger partial charge on any atom is -0.479 e. The van der Waals surface area contributed by atoms with Crippen molar-refractivity contribution in [3.05, 3.63) is 21.9 Å². The third-order valence-corrected chi connectivity index (χ3v) is 5.61. The Morgan fingerprint density at radius 2 is 2.14 bits per heavy atom. The molecule has 1 heterocycles. The van der Waals surface area contributed by atoms with Crippen molar-refractivity contribution in [2.75, 3.05) is 6.61 Å². The van der Waals surface area contributed by atoms with Gasteiger partial charge in [0.05, 0.1) is 12.5 Å². The van der Waals surface area contributed by atoms with Gasteiger partial charge in [-0.2, -0.15) is 0 Å². The monoisotopic (exact) mass is 325 g/mol. The Balaban J connectivity index is 2.10. The average molecular weight is 325 g/mol. The van der Waals surface area contributed by atoms with Gasteiger partial charge in [0.15, 0.2) is 0 Å². The molecule has 5 nitrogen and oxygen atoms in total. The van der Waals surface area contributed by atoms with E-state index in [4.69, 9.17) is 4.74 Å². The van der Waals surface area contributed by atoms with Gasteiger partial charge in [0.1, 0.15) is 5.54 Å². The molecule has 1 saturated carbocycles. The maximum Gasteiger partial charge on any atom is 0.330 e. The number of rotatable bonds is 6. The standard InChI is InChI=1S/C16H23NO4S/c1-5-21-12-9-16(14(19)20,15(12,3)4)17-13(18)8-11-7-6-10(2)22-11/h6-7,12H,5,8-9H2,1-4H3,(H,17,18)(H,19,20). The fourth-order valence-corrected chi connectivity index (χ4v) is 3.95. The summed E-state index contributed by atoms with van der Waals surface area (Å²) in [4.78, 5) is 26.1. The van der Waals surface area contributed by atoms with E-state index in [1.54, 1.807) is 11.3 Å². The van der Waals surface area contributed by atoms with Crippen molar-refractivity contribution in [3.63, 3.8) is 0 Å². The molecule has 1 aromatic heterocycles. The van der Waals surface area contributed by atoms with Crippen LogP contribution in [0.25, 0.3) is 0 Å². The van der Waals surface area contributed by atoms with Gasteiger partial charge < -0.3 is 15.2 Å². The number of carbonyl (C=O) groups excluding carboxylic acids is 1. The highest BCUT2D eigenvalue weighted by molar-refractivity contribution is 7.12. The van der Waals surface area contributed by atoms with Gasteiger partial charge in [-0.25, -0.2) is 4.79 Å². The number of thiophene rings is 1. The second-order valence-corrected chi connectivity index (χ2v) is 7.69. The average Bonchev–Trinajstić information content (AvgIpc) is 2.82. The van der Waals surface area contributed by atoms with Gasteiger partial charge in [0, 0.05) is 28.2 Å². The molecular weight excluding hydrogens is 302 g/mol. The molecule has 0 saturated heterocycles. The summed E-state index contributed by atoms with van der Waals surface area (Å²) in [6.45, 7) is 8.06. The molecule has 0 aromatic carbocycles. The highest BCUT2D eigenvalue weighted by Crippen LogP contribution is 2.51. The molecule has 1 aliphatic rings. The molecule has 2 rings (SSSR count). The first-order valence-electron chi connectivity index (χ1n) is 7.44. The number of nitrogens with one attached hydrogen (secondary N) is 1. The van der Waals surface area contributed by atoms with Gasteiger partial charge in [-0.05, 0) is 26.0 Å². The molecule has 1 aromatic rings. The Labute approximate surface area is 134 Å². The summed E-state index contributed by atoms with van der Waals surface area (Å²) in [5.41, 5.74) is -1.90. The van der Waals surface area contributed by atoms with Crippen LogP contribution in [0.2, 0.25) is 0 Å². The van der Waals surface area contributed by atoms with Crippen LogP contribution in [-0.2, 0) is 20.7 Å². The van der Waals surface area contributed by atoms with Crippen molar-refractivity contribution in [1.29, 1.82) is 0 Å². The first kappa shape index (κ1) is 17.0. The van der Waals surface area contributed by atoms with E-state index >= 15 is 0 Å². The molecule has 0 spiro atoms. The van der Waals surface area contributed by atoms with Crippen LogP contribution < -0.4 is 5.32 Å². The summed E-state index contributed by atoms with van der Waals surface area (Å²) in [5, 5.41) is 12.4. The Bertz CT molecular complexity index is 580. The molecule has 0 aliphatic heterocycles. The Morgan fingerprint density at radius 3 is 2.59 bits per heavy atom. The molecule has 0 radical (unpaired) electrons. The smallest absolute Gasteiger partial charge is 0.330 e. The van der Waals surface area contributed by atoms with E-state index < -0.39 is 16.9 Å². The summed E-state index contributed by atoms with van der Waals surface area (Å²) < 4.78 is 5.59. The number of amides is 1. The molecule has 2 atom stereocenters. The van der Waals surface area contributed by atoms with E-state index in [0.717, 1.165) is 9.75 Å². The lowest BCUT2D eigenvalue weighted by Crippen LogP contribution is -2.76. The van der Waals surface area contributed by atoms with Crippen molar-refractivity contribution in [3.8, 4) is 0 Å². The van der Waals surface area contributed by atoms with E-state index in [9.17, 15) is 14.7 Å². The summed E-state index contributed by atoms with van der Waals surface area (Å²) in [7, 11) is 0. The highest BCUT2D eigenvalue weighted by atomic mass is 32.1. The van der Waals surface area contributed by atoms with E-state index in [1.165, 1.54) is 0 Å². The third kappa shape index (κ3) is 2.77. The van der Waals surface area contributed by atoms with Crippen LogP contribution in [0.15, 0.2) is 12.1 Å². The lowest BCUT2D eigenvalue weighted by molar-refractivity contribution is -0.194.